The van der Waals surface area contributed by atoms with Crippen LogP contribution >= 0.6 is 0 Å². The number of aromatic nitrogens is 5. The molecule has 0 saturated heterocycles. The van der Waals surface area contributed by atoms with Gasteiger partial charge in [-0.05, 0) is 84.9 Å². The van der Waals surface area contributed by atoms with Crippen LogP contribution in [0.5, 0.6) is 0 Å². The SMILES string of the molecule is N#Cc1ccc2c(c1)c1ccccc1n2-c1ccc(C#N)c(-c2cc(-c3nc(-c4ccccc4)nc(-c4ccccc4)n3)ccc2-n2c3ccccc3c3cc(C#N)ccc32)c1. The van der Waals surface area contributed by atoms with Crippen molar-refractivity contribution in [2.45, 2.75) is 0 Å². The summed E-state index contributed by atoms with van der Waals surface area (Å²) in [6, 6.07) is 66.8. The van der Waals surface area contributed by atoms with Gasteiger partial charge in [-0.25, -0.2) is 15.0 Å². The van der Waals surface area contributed by atoms with Gasteiger partial charge in [0.2, 0.25) is 0 Å². The van der Waals surface area contributed by atoms with E-state index in [9.17, 15) is 15.8 Å². The van der Waals surface area contributed by atoms with Crippen LogP contribution in [0.3, 0.4) is 0 Å². The molecule has 0 fully saturated rings. The molecule has 8 heteroatoms. The van der Waals surface area contributed by atoms with E-state index >= 15 is 0 Å². The van der Waals surface area contributed by atoms with Gasteiger partial charge in [0.25, 0.3) is 0 Å². The molecule has 0 spiro atoms. The molecule has 8 aromatic carbocycles. The molecule has 8 nitrogen and oxygen atoms in total. The van der Waals surface area contributed by atoms with Crippen LogP contribution in [0.15, 0.2) is 182 Å². The normalized spacial score (nSPS) is 11.2. The molecular formula is C54H30N8. The zero-order valence-corrected chi connectivity index (χ0v) is 32.9. The molecule has 62 heavy (non-hydrogen) atoms. The lowest BCUT2D eigenvalue weighted by molar-refractivity contribution is 1.07. The van der Waals surface area contributed by atoms with Crippen molar-refractivity contribution in [3.05, 3.63) is 199 Å². The predicted octanol–water partition coefficient (Wildman–Crippen LogP) is 12.3. The van der Waals surface area contributed by atoms with Crippen molar-refractivity contribution in [1.82, 2.24) is 24.1 Å². The Morgan fingerprint density at radius 3 is 1.42 bits per heavy atom. The molecule has 0 N–H and O–H groups in total. The van der Waals surface area contributed by atoms with Crippen LogP contribution in [0.2, 0.25) is 0 Å². The summed E-state index contributed by atoms with van der Waals surface area (Å²) in [4.78, 5) is 15.1. The quantitative estimate of drug-likeness (QED) is 0.165. The topological polar surface area (TPSA) is 120 Å². The number of benzene rings is 8. The van der Waals surface area contributed by atoms with Crippen LogP contribution < -0.4 is 0 Å². The van der Waals surface area contributed by atoms with Gasteiger partial charge in [-0.1, -0.05) is 97.1 Å². The molecule has 0 bridgehead atoms. The summed E-state index contributed by atoms with van der Waals surface area (Å²) in [6.07, 6.45) is 0. The third-order valence-corrected chi connectivity index (χ3v) is 11.5. The third-order valence-electron chi connectivity index (χ3n) is 11.5. The monoisotopic (exact) mass is 790 g/mol. The fourth-order valence-electron chi connectivity index (χ4n) is 8.64. The summed E-state index contributed by atoms with van der Waals surface area (Å²) in [5, 5.41) is 34.5. The Morgan fingerprint density at radius 2 is 0.855 bits per heavy atom. The van der Waals surface area contributed by atoms with Gasteiger partial charge in [0, 0.05) is 55.0 Å². The van der Waals surface area contributed by atoms with E-state index in [1.165, 1.54) is 0 Å². The molecule has 11 aromatic rings. The highest BCUT2D eigenvalue weighted by Crippen LogP contribution is 2.41. The lowest BCUT2D eigenvalue weighted by Gasteiger charge is -2.18. The smallest absolute Gasteiger partial charge is 0.164 e. The van der Waals surface area contributed by atoms with Gasteiger partial charge in [-0.2, -0.15) is 15.8 Å². The highest BCUT2D eigenvalue weighted by atomic mass is 15.0. The standard InChI is InChI=1S/C54H30N8/c55-31-34-19-24-49-44(27-34)41-15-7-9-17-47(41)61(49)40-23-21-39(33-57)43(30-40)46-29-38(54-59-52(36-11-3-1-4-12-36)58-53(60-54)37-13-5-2-6-14-37)22-26-51(46)62-48-18-10-8-16-42(48)45-28-35(32-56)20-25-50(45)62/h1-30H. The molecule has 3 heterocycles. The lowest BCUT2D eigenvalue weighted by Crippen LogP contribution is -2.03. The first-order valence-corrected chi connectivity index (χ1v) is 20.0. The van der Waals surface area contributed by atoms with Crippen molar-refractivity contribution in [2.75, 3.05) is 0 Å². The lowest BCUT2D eigenvalue weighted by atomic mass is 9.95. The van der Waals surface area contributed by atoms with Gasteiger partial charge >= 0.3 is 0 Å². The minimum atomic E-state index is 0.483. The van der Waals surface area contributed by atoms with E-state index in [0.29, 0.717) is 39.7 Å². The minimum Gasteiger partial charge on any atom is -0.309 e. The van der Waals surface area contributed by atoms with Gasteiger partial charge < -0.3 is 9.13 Å². The number of fused-ring (bicyclic) bond motifs is 6. The van der Waals surface area contributed by atoms with E-state index in [0.717, 1.165) is 77.2 Å². The fraction of sp³-hybridized carbons (Fsp3) is 0. The van der Waals surface area contributed by atoms with Crippen molar-refractivity contribution in [1.29, 1.82) is 15.8 Å². The van der Waals surface area contributed by atoms with E-state index in [1.54, 1.807) is 0 Å². The molecule has 3 aromatic heterocycles. The van der Waals surface area contributed by atoms with Crippen LogP contribution in [-0.4, -0.2) is 24.1 Å². The van der Waals surface area contributed by atoms with Gasteiger partial charge in [-0.3, -0.25) is 0 Å². The molecule has 11 rings (SSSR count). The van der Waals surface area contributed by atoms with Crippen LogP contribution in [-0.2, 0) is 0 Å². The zero-order valence-electron chi connectivity index (χ0n) is 32.9. The second-order valence-electron chi connectivity index (χ2n) is 15.0. The van der Waals surface area contributed by atoms with Crippen molar-refractivity contribution in [3.8, 4) is 74.9 Å². The highest BCUT2D eigenvalue weighted by Gasteiger charge is 2.22. The second kappa shape index (κ2) is 14.6. The van der Waals surface area contributed by atoms with Crippen LogP contribution in [0.25, 0.3) is 100 Å². The molecule has 0 atom stereocenters. The minimum absolute atomic E-state index is 0.483. The van der Waals surface area contributed by atoms with Crippen LogP contribution in [0, 0.1) is 34.0 Å². The maximum Gasteiger partial charge on any atom is 0.164 e. The van der Waals surface area contributed by atoms with Crippen molar-refractivity contribution in [3.63, 3.8) is 0 Å². The molecule has 0 unspecified atom stereocenters. The summed E-state index contributed by atoms with van der Waals surface area (Å²) in [7, 11) is 0. The summed E-state index contributed by atoms with van der Waals surface area (Å²) >= 11 is 0. The van der Waals surface area contributed by atoms with Gasteiger partial charge in [0.05, 0.1) is 62.7 Å². The largest absolute Gasteiger partial charge is 0.309 e. The van der Waals surface area contributed by atoms with Gasteiger partial charge in [0.1, 0.15) is 0 Å². The number of rotatable bonds is 6. The molecule has 0 saturated carbocycles. The average molecular weight is 791 g/mol. The number of nitriles is 3. The number of nitrogens with zero attached hydrogens (tertiary/aromatic N) is 8. The molecule has 0 aliphatic heterocycles. The zero-order chi connectivity index (χ0) is 41.7. The van der Waals surface area contributed by atoms with Crippen molar-refractivity contribution >= 4 is 43.6 Å². The molecule has 0 aliphatic rings. The summed E-state index contributed by atoms with van der Waals surface area (Å²) < 4.78 is 4.40. The highest BCUT2D eigenvalue weighted by molar-refractivity contribution is 6.11. The second-order valence-corrected chi connectivity index (χ2v) is 15.0. The molecule has 0 amide bonds. The van der Waals surface area contributed by atoms with Crippen LogP contribution in [0.4, 0.5) is 0 Å². The Bertz CT molecular complexity index is 3670. The average Bonchev–Trinajstić information content (AvgIpc) is 3.86. The summed E-state index contributed by atoms with van der Waals surface area (Å²) in [5.74, 6) is 1.57. The molecule has 0 radical (unpaired) electrons. The number of hydrogen-bond acceptors (Lipinski definition) is 6. The Balaban J connectivity index is 1.22. The Labute approximate surface area is 355 Å². The van der Waals surface area contributed by atoms with Crippen molar-refractivity contribution < 1.29 is 0 Å². The predicted molar refractivity (Wildman–Crippen MR) is 244 cm³/mol. The van der Waals surface area contributed by atoms with E-state index in [-0.39, 0.29) is 0 Å². The van der Waals surface area contributed by atoms with E-state index in [2.05, 4.69) is 69.8 Å². The number of hydrogen-bond donors (Lipinski definition) is 0. The van der Waals surface area contributed by atoms with Gasteiger partial charge in [-0.15, -0.1) is 0 Å². The fourth-order valence-corrected chi connectivity index (χ4v) is 8.64. The van der Waals surface area contributed by atoms with E-state index < -0.39 is 0 Å². The van der Waals surface area contributed by atoms with E-state index in [1.807, 2.05) is 140 Å². The maximum absolute atomic E-state index is 10.9. The summed E-state index contributed by atoms with van der Waals surface area (Å²) in [6.45, 7) is 0. The molecule has 0 aliphatic carbocycles. The first-order chi connectivity index (χ1) is 30.6. The Morgan fingerprint density at radius 1 is 0.355 bits per heavy atom. The van der Waals surface area contributed by atoms with Crippen LogP contribution in [0.1, 0.15) is 16.7 Å². The molecule has 286 valence electrons. The van der Waals surface area contributed by atoms with Crippen molar-refractivity contribution in [2.24, 2.45) is 0 Å². The maximum atomic E-state index is 10.9. The first-order valence-electron chi connectivity index (χ1n) is 20.0. The summed E-state index contributed by atoms with van der Waals surface area (Å²) in [5.41, 5.74) is 11.1. The molecular weight excluding hydrogens is 761 g/mol. The Hall–Kier alpha value is -9.16. The third kappa shape index (κ3) is 5.86. The Kier molecular flexibility index (Phi) is 8.46. The van der Waals surface area contributed by atoms with E-state index in [4.69, 9.17) is 15.0 Å². The number of para-hydroxylation sites is 2. The van der Waals surface area contributed by atoms with Gasteiger partial charge in [0.15, 0.2) is 17.5 Å². The first kappa shape index (κ1) is 36.0.